The third-order valence-electron chi connectivity index (χ3n) is 4.59. The molecule has 2 bridgehead atoms. The van der Waals surface area contributed by atoms with Crippen LogP contribution in [0, 0.1) is 0 Å². The molecule has 2 aromatic rings. The van der Waals surface area contributed by atoms with Crippen LogP contribution in [0.4, 0.5) is 0 Å². The number of phenolic OH excluding ortho intramolecular Hbond substituents is 1. The van der Waals surface area contributed by atoms with Crippen molar-refractivity contribution in [1.29, 1.82) is 0 Å². The van der Waals surface area contributed by atoms with Crippen LogP contribution < -0.4 is 5.32 Å². The lowest BCUT2D eigenvalue weighted by molar-refractivity contribution is 0.0613. The van der Waals surface area contributed by atoms with Gasteiger partial charge in [0.2, 0.25) is 0 Å². The van der Waals surface area contributed by atoms with E-state index in [1.54, 1.807) is 30.3 Å². The van der Waals surface area contributed by atoms with Crippen molar-refractivity contribution in [3.8, 4) is 17.0 Å². The second kappa shape index (κ2) is 6.22. The molecule has 7 heteroatoms. The molecule has 23 heavy (non-hydrogen) atoms. The lowest BCUT2D eigenvalue weighted by Crippen LogP contribution is -2.54. The van der Waals surface area contributed by atoms with Crippen LogP contribution in [-0.2, 0) is 0 Å². The van der Waals surface area contributed by atoms with Crippen molar-refractivity contribution < 1.29 is 9.90 Å². The van der Waals surface area contributed by atoms with Gasteiger partial charge in [-0.15, -0.1) is 12.4 Å². The number of phenols is 1. The highest BCUT2D eigenvalue weighted by atomic mass is 35.5. The number of aromatic nitrogens is 2. The number of hydrogen-bond donors (Lipinski definition) is 3. The number of aromatic hydroxyl groups is 1. The number of hydrogen-bond acceptors (Lipinski definition) is 4. The van der Waals surface area contributed by atoms with Gasteiger partial charge < -0.3 is 15.3 Å². The van der Waals surface area contributed by atoms with Crippen LogP contribution >= 0.6 is 12.4 Å². The van der Waals surface area contributed by atoms with E-state index in [2.05, 4.69) is 15.5 Å². The molecule has 0 unspecified atom stereocenters. The van der Waals surface area contributed by atoms with Crippen molar-refractivity contribution in [3.63, 3.8) is 0 Å². The van der Waals surface area contributed by atoms with E-state index in [0.717, 1.165) is 31.5 Å². The Morgan fingerprint density at radius 2 is 1.83 bits per heavy atom. The van der Waals surface area contributed by atoms with Gasteiger partial charge in [0.15, 0.2) is 0 Å². The number of piperazine rings is 1. The molecule has 122 valence electrons. The molecule has 1 aromatic carbocycles. The number of carbonyl (C=O) groups is 1. The summed E-state index contributed by atoms with van der Waals surface area (Å²) in [6.07, 6.45) is 2.14. The van der Waals surface area contributed by atoms with Crippen molar-refractivity contribution in [2.24, 2.45) is 0 Å². The molecule has 3 N–H and O–H groups in total. The van der Waals surface area contributed by atoms with Crippen molar-refractivity contribution in [2.75, 3.05) is 13.1 Å². The second-order valence-corrected chi connectivity index (χ2v) is 5.97. The zero-order valence-electron chi connectivity index (χ0n) is 12.5. The molecule has 2 saturated heterocycles. The maximum Gasteiger partial charge on any atom is 0.272 e. The third kappa shape index (κ3) is 2.80. The van der Waals surface area contributed by atoms with Crippen LogP contribution in [0.2, 0.25) is 0 Å². The number of aromatic amines is 1. The fraction of sp³-hybridized carbons (Fsp3) is 0.375. The maximum atomic E-state index is 12.7. The molecule has 0 radical (unpaired) electrons. The van der Waals surface area contributed by atoms with Gasteiger partial charge in [-0.1, -0.05) is 0 Å². The number of nitrogens with one attached hydrogen (secondary N) is 2. The first-order valence-corrected chi connectivity index (χ1v) is 7.60. The van der Waals surface area contributed by atoms with E-state index >= 15 is 0 Å². The van der Waals surface area contributed by atoms with E-state index in [4.69, 9.17) is 0 Å². The molecule has 4 rings (SSSR count). The van der Waals surface area contributed by atoms with E-state index in [0.29, 0.717) is 23.5 Å². The number of benzene rings is 1. The molecule has 3 heterocycles. The first-order chi connectivity index (χ1) is 10.7. The number of rotatable bonds is 2. The minimum absolute atomic E-state index is 0. The van der Waals surface area contributed by atoms with Gasteiger partial charge in [-0.25, -0.2) is 0 Å². The normalized spacial score (nSPS) is 22.7. The fourth-order valence-electron chi connectivity index (χ4n) is 3.46. The zero-order valence-corrected chi connectivity index (χ0v) is 13.3. The standard InChI is InChI=1S/C16H18N4O2.ClH/c21-13-5-1-10(2-6-13)14-7-15(19-18-14)16(22)20-11-3-4-12(20)9-17-8-11;/h1-2,5-7,11-12,17,21H,3-4,8-9H2,(H,18,19);1H/t11-,12+;. The SMILES string of the molecule is Cl.O=C(c1cc(-c2ccc(O)cc2)n[nH]1)N1[C@@H]2CC[C@H]1CNC2. The molecule has 1 aromatic heterocycles. The average Bonchev–Trinajstić information content (AvgIpc) is 3.11. The summed E-state index contributed by atoms with van der Waals surface area (Å²) in [6.45, 7) is 1.75. The summed E-state index contributed by atoms with van der Waals surface area (Å²) in [5.74, 6) is 0.250. The molecule has 1 amide bonds. The Labute approximate surface area is 140 Å². The van der Waals surface area contributed by atoms with Crippen molar-refractivity contribution in [3.05, 3.63) is 36.0 Å². The summed E-state index contributed by atoms with van der Waals surface area (Å²) in [5.41, 5.74) is 2.11. The molecule has 2 aliphatic heterocycles. The summed E-state index contributed by atoms with van der Waals surface area (Å²) in [6, 6.07) is 9.18. The largest absolute Gasteiger partial charge is 0.508 e. The molecular weight excluding hydrogens is 316 g/mol. The summed E-state index contributed by atoms with van der Waals surface area (Å²) < 4.78 is 0. The first-order valence-electron chi connectivity index (χ1n) is 7.60. The molecular formula is C16H19ClN4O2. The van der Waals surface area contributed by atoms with Crippen LogP contribution in [0.1, 0.15) is 23.3 Å². The van der Waals surface area contributed by atoms with Gasteiger partial charge in [-0.2, -0.15) is 5.10 Å². The fourth-order valence-corrected chi connectivity index (χ4v) is 3.46. The van der Waals surface area contributed by atoms with Gasteiger partial charge in [-0.05, 0) is 43.2 Å². The number of H-pyrrole nitrogens is 1. The molecule has 2 fully saturated rings. The number of carbonyl (C=O) groups excluding carboxylic acids is 1. The lowest BCUT2D eigenvalue weighted by atomic mass is 10.1. The van der Waals surface area contributed by atoms with E-state index < -0.39 is 0 Å². The Morgan fingerprint density at radius 1 is 1.17 bits per heavy atom. The predicted molar refractivity (Wildman–Crippen MR) is 88.8 cm³/mol. The van der Waals surface area contributed by atoms with Gasteiger partial charge >= 0.3 is 0 Å². The molecule has 2 aliphatic rings. The number of fused-ring (bicyclic) bond motifs is 2. The first kappa shape index (κ1) is 15.8. The van der Waals surface area contributed by atoms with Crippen LogP contribution in [0.5, 0.6) is 5.75 Å². The van der Waals surface area contributed by atoms with Crippen LogP contribution in [0.3, 0.4) is 0 Å². The third-order valence-corrected chi connectivity index (χ3v) is 4.59. The van der Waals surface area contributed by atoms with E-state index in [9.17, 15) is 9.90 Å². The quantitative estimate of drug-likeness (QED) is 0.782. The van der Waals surface area contributed by atoms with Gasteiger partial charge in [0.05, 0.1) is 5.69 Å². The van der Waals surface area contributed by atoms with E-state index in [1.807, 2.05) is 4.90 Å². The smallest absolute Gasteiger partial charge is 0.272 e. The summed E-state index contributed by atoms with van der Waals surface area (Å²) >= 11 is 0. The molecule has 0 saturated carbocycles. The Bertz CT molecular complexity index is 684. The maximum absolute atomic E-state index is 12.7. The highest BCUT2D eigenvalue weighted by molar-refractivity contribution is 5.94. The summed E-state index contributed by atoms with van der Waals surface area (Å²) in [7, 11) is 0. The van der Waals surface area contributed by atoms with Gasteiger partial charge in [-0.3, -0.25) is 9.89 Å². The Morgan fingerprint density at radius 3 is 2.48 bits per heavy atom. The van der Waals surface area contributed by atoms with Crippen LogP contribution in [0.25, 0.3) is 11.3 Å². The highest BCUT2D eigenvalue weighted by Gasteiger charge is 2.40. The predicted octanol–water partition coefficient (Wildman–Crippen LogP) is 1.78. The minimum Gasteiger partial charge on any atom is -0.508 e. The molecule has 6 nitrogen and oxygen atoms in total. The average molecular weight is 335 g/mol. The van der Waals surface area contributed by atoms with Crippen LogP contribution in [-0.4, -0.2) is 51.3 Å². The number of nitrogens with zero attached hydrogens (tertiary/aromatic N) is 2. The lowest BCUT2D eigenvalue weighted by Gasteiger charge is -2.34. The van der Waals surface area contributed by atoms with Crippen molar-refractivity contribution in [2.45, 2.75) is 24.9 Å². The molecule has 0 aliphatic carbocycles. The Balaban J connectivity index is 0.00000156. The van der Waals surface area contributed by atoms with E-state index in [1.165, 1.54) is 0 Å². The van der Waals surface area contributed by atoms with Crippen molar-refractivity contribution in [1.82, 2.24) is 20.4 Å². The van der Waals surface area contributed by atoms with Crippen LogP contribution in [0.15, 0.2) is 30.3 Å². The highest BCUT2D eigenvalue weighted by Crippen LogP contribution is 2.29. The van der Waals surface area contributed by atoms with Gasteiger partial charge in [0.1, 0.15) is 11.4 Å². The molecule has 0 spiro atoms. The number of amides is 1. The zero-order chi connectivity index (χ0) is 15.1. The molecule has 2 atom stereocenters. The van der Waals surface area contributed by atoms with Gasteiger partial charge in [0, 0.05) is 30.7 Å². The second-order valence-electron chi connectivity index (χ2n) is 5.97. The van der Waals surface area contributed by atoms with Gasteiger partial charge in [0.25, 0.3) is 5.91 Å². The minimum atomic E-state index is 0. The summed E-state index contributed by atoms with van der Waals surface area (Å²) in [5, 5.41) is 19.8. The van der Waals surface area contributed by atoms with Crippen molar-refractivity contribution >= 4 is 18.3 Å². The Kier molecular flexibility index (Phi) is 4.28. The Hall–Kier alpha value is -2.05. The monoisotopic (exact) mass is 334 g/mol. The number of halogens is 1. The van der Waals surface area contributed by atoms with E-state index in [-0.39, 0.29) is 24.1 Å². The summed E-state index contributed by atoms with van der Waals surface area (Å²) in [4.78, 5) is 14.8. The topological polar surface area (TPSA) is 81.2 Å².